The number of piperidine rings is 1. The van der Waals surface area contributed by atoms with Crippen LogP contribution in [-0.2, 0) is 27.2 Å². The SMILES string of the molecule is CNC1CCN(S(=O)(=O)c2ccc(-c3nc4c(c(C5CCCCC5)nn4C)c(=O)[nH]3)c(OC)c2)CC1.CS(=O)(=O)O. The first kappa shape index (κ1) is 31.1. The number of aromatic nitrogens is 4. The van der Waals surface area contributed by atoms with Gasteiger partial charge in [0.1, 0.15) is 17.0 Å². The fourth-order valence-corrected chi connectivity index (χ4v) is 7.02. The second-order valence-electron chi connectivity index (χ2n) is 10.5. The molecule has 0 bridgehead atoms. The summed E-state index contributed by atoms with van der Waals surface area (Å²) in [7, 11) is -2.15. The molecular formula is C26H38N6O7S2. The van der Waals surface area contributed by atoms with Crippen LogP contribution in [0.2, 0.25) is 0 Å². The number of methoxy groups -OCH3 is 1. The second kappa shape index (κ2) is 12.6. The zero-order valence-corrected chi connectivity index (χ0v) is 25.4. The molecule has 0 unspecified atom stereocenters. The highest BCUT2D eigenvalue weighted by Crippen LogP contribution is 2.36. The molecule has 15 heteroatoms. The zero-order chi connectivity index (χ0) is 29.9. The van der Waals surface area contributed by atoms with Crippen molar-refractivity contribution in [2.75, 3.05) is 33.5 Å². The van der Waals surface area contributed by atoms with Crippen molar-refractivity contribution in [1.82, 2.24) is 29.4 Å². The van der Waals surface area contributed by atoms with Gasteiger partial charge in [-0.15, -0.1) is 0 Å². The van der Waals surface area contributed by atoms with Gasteiger partial charge in [-0.05, 0) is 44.9 Å². The van der Waals surface area contributed by atoms with Crippen molar-refractivity contribution in [1.29, 1.82) is 0 Å². The third-order valence-corrected chi connectivity index (χ3v) is 9.54. The molecule has 0 spiro atoms. The van der Waals surface area contributed by atoms with Gasteiger partial charge in [0.15, 0.2) is 5.65 Å². The van der Waals surface area contributed by atoms with Gasteiger partial charge in [-0.2, -0.15) is 17.8 Å². The fourth-order valence-electron chi connectivity index (χ4n) is 5.54. The molecule has 1 aliphatic carbocycles. The standard InChI is InChI=1S/C25H34N6O4S.CH4O3S/c1-26-17-11-13-31(14-12-17)36(33,34)18-9-10-19(20(15-18)35-3)23-27-24-21(25(32)28-23)22(29-30(24)2)16-7-5-4-6-8-16;1-5(2,3)4/h9-10,15-17,26H,4-8,11-14H2,1-3H3,(H,27,28,32);1H3,(H,2,3,4). The van der Waals surface area contributed by atoms with E-state index in [1.807, 2.05) is 7.05 Å². The van der Waals surface area contributed by atoms with Crippen molar-refractivity contribution >= 4 is 31.2 Å². The van der Waals surface area contributed by atoms with Gasteiger partial charge in [-0.3, -0.25) is 9.35 Å². The van der Waals surface area contributed by atoms with E-state index in [1.54, 1.807) is 23.9 Å². The number of benzene rings is 1. The van der Waals surface area contributed by atoms with Gasteiger partial charge in [0, 0.05) is 38.2 Å². The Morgan fingerprint density at radius 3 is 2.29 bits per heavy atom. The Bertz CT molecular complexity index is 1650. The number of H-pyrrole nitrogens is 1. The smallest absolute Gasteiger partial charge is 0.262 e. The molecule has 1 aromatic carbocycles. The number of hydrogen-bond acceptors (Lipinski definition) is 9. The van der Waals surface area contributed by atoms with Crippen molar-refractivity contribution in [2.24, 2.45) is 7.05 Å². The Balaban J connectivity index is 0.000000714. The molecule has 0 atom stereocenters. The molecule has 5 rings (SSSR count). The molecule has 2 aromatic heterocycles. The number of hydrogen-bond donors (Lipinski definition) is 3. The quantitative estimate of drug-likeness (QED) is 0.351. The van der Waals surface area contributed by atoms with Crippen LogP contribution in [0.4, 0.5) is 0 Å². The van der Waals surface area contributed by atoms with E-state index in [1.165, 1.54) is 23.9 Å². The number of fused-ring (bicyclic) bond motifs is 1. The van der Waals surface area contributed by atoms with Crippen molar-refractivity contribution in [3.05, 3.63) is 34.2 Å². The summed E-state index contributed by atoms with van der Waals surface area (Å²) < 4.78 is 61.2. The Morgan fingerprint density at radius 2 is 1.71 bits per heavy atom. The number of sulfonamides is 1. The first-order valence-electron chi connectivity index (χ1n) is 13.6. The minimum absolute atomic E-state index is 0.162. The highest BCUT2D eigenvalue weighted by molar-refractivity contribution is 7.89. The Hall–Kier alpha value is -2.85. The molecule has 0 amide bonds. The summed E-state index contributed by atoms with van der Waals surface area (Å²) in [6.45, 7) is 0.931. The maximum absolute atomic E-state index is 13.3. The van der Waals surface area contributed by atoms with Crippen LogP contribution < -0.4 is 15.6 Å². The average molecular weight is 611 g/mol. The number of aromatic amines is 1. The maximum atomic E-state index is 13.3. The van der Waals surface area contributed by atoms with E-state index in [9.17, 15) is 21.6 Å². The summed E-state index contributed by atoms with van der Waals surface area (Å²) in [5.41, 5.74) is 1.61. The topological polar surface area (TPSA) is 177 Å². The summed E-state index contributed by atoms with van der Waals surface area (Å²) in [6, 6.07) is 5.04. The van der Waals surface area contributed by atoms with Crippen LogP contribution in [0.3, 0.4) is 0 Å². The molecule has 3 N–H and O–H groups in total. The van der Waals surface area contributed by atoms with Gasteiger partial charge in [-0.1, -0.05) is 19.3 Å². The van der Waals surface area contributed by atoms with E-state index < -0.39 is 20.1 Å². The molecule has 1 saturated heterocycles. The highest BCUT2D eigenvalue weighted by Gasteiger charge is 2.30. The van der Waals surface area contributed by atoms with Gasteiger partial charge >= 0.3 is 0 Å². The summed E-state index contributed by atoms with van der Waals surface area (Å²) in [5, 5.41) is 8.43. The van der Waals surface area contributed by atoms with Crippen LogP contribution in [0.15, 0.2) is 27.9 Å². The minimum atomic E-state index is -3.67. The Labute approximate surface area is 240 Å². The zero-order valence-electron chi connectivity index (χ0n) is 23.8. The lowest BCUT2D eigenvalue weighted by Gasteiger charge is -2.31. The number of ether oxygens (including phenoxy) is 1. The van der Waals surface area contributed by atoms with Gasteiger partial charge in [-0.25, -0.2) is 18.1 Å². The van der Waals surface area contributed by atoms with Crippen molar-refractivity contribution < 1.29 is 26.1 Å². The predicted octanol–water partition coefficient (Wildman–Crippen LogP) is 2.26. The minimum Gasteiger partial charge on any atom is -0.496 e. The van der Waals surface area contributed by atoms with Crippen LogP contribution in [0.5, 0.6) is 5.75 Å². The van der Waals surface area contributed by atoms with Crippen molar-refractivity contribution in [3.8, 4) is 17.1 Å². The Kier molecular flexibility index (Phi) is 9.53. The fraction of sp³-hybridized carbons (Fsp3) is 0.577. The molecule has 3 aromatic rings. The third-order valence-electron chi connectivity index (χ3n) is 7.64. The number of nitrogens with zero attached hydrogens (tertiary/aromatic N) is 4. The lowest BCUT2D eigenvalue weighted by Crippen LogP contribution is -2.43. The van der Waals surface area contributed by atoms with Crippen LogP contribution in [0.1, 0.15) is 56.6 Å². The van der Waals surface area contributed by atoms with E-state index in [0.717, 1.165) is 44.2 Å². The first-order chi connectivity index (χ1) is 19.3. The van der Waals surface area contributed by atoms with E-state index in [0.29, 0.717) is 53.6 Å². The van der Waals surface area contributed by atoms with Gasteiger partial charge in [0.05, 0.1) is 29.5 Å². The molecular weight excluding hydrogens is 572 g/mol. The van der Waals surface area contributed by atoms with Crippen LogP contribution >= 0.6 is 0 Å². The molecule has 2 fully saturated rings. The second-order valence-corrected chi connectivity index (χ2v) is 13.9. The van der Waals surface area contributed by atoms with Crippen molar-refractivity contribution in [3.63, 3.8) is 0 Å². The van der Waals surface area contributed by atoms with Gasteiger partial charge in [0.25, 0.3) is 15.7 Å². The lowest BCUT2D eigenvalue weighted by atomic mass is 9.86. The molecule has 13 nitrogen and oxygen atoms in total. The van der Waals surface area contributed by atoms with Crippen molar-refractivity contribution in [2.45, 2.75) is 61.8 Å². The molecule has 41 heavy (non-hydrogen) atoms. The van der Waals surface area contributed by atoms with Crippen LogP contribution in [0, 0.1) is 0 Å². The summed E-state index contributed by atoms with van der Waals surface area (Å²) in [4.78, 5) is 21.0. The average Bonchev–Trinajstić information content (AvgIpc) is 3.29. The molecule has 1 saturated carbocycles. The lowest BCUT2D eigenvalue weighted by molar-refractivity contribution is 0.298. The molecule has 0 radical (unpaired) electrons. The first-order valence-corrected chi connectivity index (χ1v) is 16.9. The summed E-state index contributed by atoms with van der Waals surface area (Å²) in [5.74, 6) is 0.924. The molecule has 2 aliphatic rings. The van der Waals surface area contributed by atoms with Crippen LogP contribution in [-0.4, -0.2) is 85.0 Å². The van der Waals surface area contributed by atoms with E-state index in [-0.39, 0.29) is 16.4 Å². The normalized spacial score (nSPS) is 17.8. The third kappa shape index (κ3) is 7.15. The molecule has 226 valence electrons. The summed E-state index contributed by atoms with van der Waals surface area (Å²) >= 11 is 0. The highest BCUT2D eigenvalue weighted by atomic mass is 32.2. The Morgan fingerprint density at radius 1 is 1.07 bits per heavy atom. The number of aryl methyl sites for hydroxylation is 1. The van der Waals surface area contributed by atoms with E-state index in [4.69, 9.17) is 14.3 Å². The summed E-state index contributed by atoms with van der Waals surface area (Å²) in [6.07, 6.45) is 7.83. The van der Waals surface area contributed by atoms with Gasteiger partial charge < -0.3 is 15.0 Å². The van der Waals surface area contributed by atoms with E-state index >= 15 is 0 Å². The van der Waals surface area contributed by atoms with E-state index in [2.05, 4.69) is 15.4 Å². The number of nitrogens with one attached hydrogen (secondary N) is 2. The predicted molar refractivity (Wildman–Crippen MR) is 155 cm³/mol. The molecule has 1 aliphatic heterocycles. The monoisotopic (exact) mass is 610 g/mol. The maximum Gasteiger partial charge on any atom is 0.262 e. The van der Waals surface area contributed by atoms with Gasteiger partial charge in [0.2, 0.25) is 10.0 Å². The largest absolute Gasteiger partial charge is 0.496 e. The van der Waals surface area contributed by atoms with Crippen LogP contribution in [0.25, 0.3) is 22.4 Å². The number of rotatable bonds is 6. The molecule has 3 heterocycles.